The van der Waals surface area contributed by atoms with Crippen molar-refractivity contribution in [3.05, 3.63) is 0 Å². The Bertz CT molecular complexity index is 153. The first kappa shape index (κ1) is 17.9. The van der Waals surface area contributed by atoms with E-state index >= 15 is 0 Å². The van der Waals surface area contributed by atoms with Gasteiger partial charge < -0.3 is 15.2 Å². The summed E-state index contributed by atoms with van der Waals surface area (Å²) in [7, 11) is 0. The van der Waals surface area contributed by atoms with Gasteiger partial charge in [-0.1, -0.05) is 52.4 Å². The highest BCUT2D eigenvalue weighted by Gasteiger charge is 2.01. The Labute approximate surface area is 113 Å². The number of aliphatic hydroxyl groups excluding tert-OH is 1. The minimum Gasteiger partial charge on any atom is -0.395 e. The van der Waals surface area contributed by atoms with E-state index in [2.05, 4.69) is 19.2 Å². The van der Waals surface area contributed by atoms with Gasteiger partial charge in [-0.15, -0.1) is 0 Å². The highest BCUT2D eigenvalue weighted by atomic mass is 16.5. The SMILES string of the molecule is CCCCCCCCCOCC(C)CNCCO. The van der Waals surface area contributed by atoms with Gasteiger partial charge in [-0.25, -0.2) is 0 Å². The molecule has 18 heavy (non-hydrogen) atoms. The Balaban J connectivity index is 3.05. The van der Waals surface area contributed by atoms with Crippen molar-refractivity contribution >= 4 is 0 Å². The van der Waals surface area contributed by atoms with Crippen molar-refractivity contribution in [1.82, 2.24) is 5.32 Å². The molecule has 0 aromatic heterocycles. The lowest BCUT2D eigenvalue weighted by atomic mass is 10.1. The largest absolute Gasteiger partial charge is 0.395 e. The molecule has 3 heteroatoms. The molecule has 2 N–H and O–H groups in total. The van der Waals surface area contributed by atoms with E-state index in [0.717, 1.165) is 19.8 Å². The molecule has 3 nitrogen and oxygen atoms in total. The fourth-order valence-corrected chi connectivity index (χ4v) is 1.93. The van der Waals surface area contributed by atoms with E-state index in [-0.39, 0.29) is 6.61 Å². The van der Waals surface area contributed by atoms with E-state index in [0.29, 0.717) is 12.5 Å². The zero-order valence-corrected chi connectivity index (χ0v) is 12.4. The molecule has 0 bridgehead atoms. The van der Waals surface area contributed by atoms with Crippen LogP contribution in [0.4, 0.5) is 0 Å². The lowest BCUT2D eigenvalue weighted by molar-refractivity contribution is 0.100. The van der Waals surface area contributed by atoms with E-state index < -0.39 is 0 Å². The fraction of sp³-hybridized carbons (Fsp3) is 1.00. The van der Waals surface area contributed by atoms with Crippen LogP contribution in [0.2, 0.25) is 0 Å². The number of rotatable bonds is 14. The van der Waals surface area contributed by atoms with Crippen LogP contribution in [-0.2, 0) is 4.74 Å². The van der Waals surface area contributed by atoms with Crippen molar-refractivity contribution in [3.8, 4) is 0 Å². The van der Waals surface area contributed by atoms with E-state index in [4.69, 9.17) is 9.84 Å². The predicted octanol–water partition coefficient (Wildman–Crippen LogP) is 2.97. The van der Waals surface area contributed by atoms with E-state index in [1.54, 1.807) is 0 Å². The molecule has 0 aromatic carbocycles. The van der Waals surface area contributed by atoms with Gasteiger partial charge >= 0.3 is 0 Å². The molecule has 0 aliphatic heterocycles. The fourth-order valence-electron chi connectivity index (χ4n) is 1.93. The maximum absolute atomic E-state index is 8.64. The molecular weight excluding hydrogens is 226 g/mol. The third kappa shape index (κ3) is 13.9. The smallest absolute Gasteiger partial charge is 0.0555 e. The van der Waals surface area contributed by atoms with Gasteiger partial charge in [0.1, 0.15) is 0 Å². The van der Waals surface area contributed by atoms with Crippen LogP contribution in [0.1, 0.15) is 58.8 Å². The summed E-state index contributed by atoms with van der Waals surface area (Å²) in [5, 5.41) is 11.8. The number of hydrogen-bond acceptors (Lipinski definition) is 3. The number of hydrogen-bond donors (Lipinski definition) is 2. The summed E-state index contributed by atoms with van der Waals surface area (Å²) < 4.78 is 5.65. The molecule has 0 aromatic rings. The normalized spacial score (nSPS) is 12.8. The number of ether oxygens (including phenoxy) is 1. The van der Waals surface area contributed by atoms with Gasteiger partial charge in [0.25, 0.3) is 0 Å². The van der Waals surface area contributed by atoms with Crippen molar-refractivity contribution < 1.29 is 9.84 Å². The van der Waals surface area contributed by atoms with Gasteiger partial charge in [-0.3, -0.25) is 0 Å². The Kier molecular flexibility index (Phi) is 14.8. The number of unbranched alkanes of at least 4 members (excludes halogenated alkanes) is 6. The van der Waals surface area contributed by atoms with Crippen molar-refractivity contribution in [1.29, 1.82) is 0 Å². The molecule has 0 spiro atoms. The molecule has 0 heterocycles. The highest BCUT2D eigenvalue weighted by Crippen LogP contribution is 2.07. The molecule has 1 atom stereocenters. The van der Waals surface area contributed by atoms with Gasteiger partial charge in [-0.05, 0) is 18.9 Å². The lowest BCUT2D eigenvalue weighted by Gasteiger charge is -2.12. The second-order valence-corrected chi connectivity index (χ2v) is 5.23. The number of nitrogens with one attached hydrogen (secondary N) is 1. The monoisotopic (exact) mass is 259 g/mol. The van der Waals surface area contributed by atoms with Crippen molar-refractivity contribution in [2.45, 2.75) is 58.8 Å². The van der Waals surface area contributed by atoms with Crippen LogP contribution >= 0.6 is 0 Å². The average Bonchev–Trinajstić information content (AvgIpc) is 2.37. The van der Waals surface area contributed by atoms with E-state index in [1.807, 2.05) is 0 Å². The molecule has 0 amide bonds. The molecule has 0 saturated heterocycles. The highest BCUT2D eigenvalue weighted by molar-refractivity contribution is 4.55. The maximum Gasteiger partial charge on any atom is 0.0555 e. The summed E-state index contributed by atoms with van der Waals surface area (Å²) in [6.07, 6.45) is 9.35. The first-order chi connectivity index (χ1) is 8.81. The first-order valence-corrected chi connectivity index (χ1v) is 7.70. The maximum atomic E-state index is 8.64. The summed E-state index contributed by atoms with van der Waals surface area (Å²) >= 11 is 0. The molecule has 0 fully saturated rings. The molecule has 0 aliphatic rings. The van der Waals surface area contributed by atoms with Crippen LogP contribution in [-0.4, -0.2) is 38.0 Å². The zero-order chi connectivity index (χ0) is 13.5. The molecular formula is C15H33NO2. The van der Waals surface area contributed by atoms with Crippen LogP contribution in [0.25, 0.3) is 0 Å². The van der Waals surface area contributed by atoms with Gasteiger partial charge in [0.2, 0.25) is 0 Å². The third-order valence-electron chi connectivity index (χ3n) is 3.08. The Morgan fingerprint density at radius 3 is 2.39 bits per heavy atom. The quantitative estimate of drug-likeness (QED) is 0.471. The zero-order valence-electron chi connectivity index (χ0n) is 12.4. The molecule has 0 rings (SSSR count). The minimum atomic E-state index is 0.214. The molecule has 1 unspecified atom stereocenters. The summed E-state index contributed by atoms with van der Waals surface area (Å²) in [6.45, 7) is 7.98. The summed E-state index contributed by atoms with van der Waals surface area (Å²) in [5.74, 6) is 0.529. The summed E-state index contributed by atoms with van der Waals surface area (Å²) in [5.41, 5.74) is 0. The van der Waals surface area contributed by atoms with Crippen LogP contribution in [0.15, 0.2) is 0 Å². The molecule has 0 radical (unpaired) electrons. The van der Waals surface area contributed by atoms with Gasteiger partial charge in [0, 0.05) is 13.2 Å². The molecule has 110 valence electrons. The van der Waals surface area contributed by atoms with Crippen LogP contribution < -0.4 is 5.32 Å². The van der Waals surface area contributed by atoms with Crippen molar-refractivity contribution in [3.63, 3.8) is 0 Å². The van der Waals surface area contributed by atoms with Gasteiger partial charge in [0.15, 0.2) is 0 Å². The third-order valence-corrected chi connectivity index (χ3v) is 3.08. The Morgan fingerprint density at radius 2 is 1.72 bits per heavy atom. The van der Waals surface area contributed by atoms with E-state index in [9.17, 15) is 0 Å². The van der Waals surface area contributed by atoms with E-state index in [1.165, 1.54) is 44.9 Å². The second kappa shape index (κ2) is 14.9. The van der Waals surface area contributed by atoms with Gasteiger partial charge in [0.05, 0.1) is 13.2 Å². The second-order valence-electron chi connectivity index (χ2n) is 5.23. The predicted molar refractivity (Wildman–Crippen MR) is 77.9 cm³/mol. The average molecular weight is 259 g/mol. The lowest BCUT2D eigenvalue weighted by Crippen LogP contribution is -2.26. The van der Waals surface area contributed by atoms with Crippen molar-refractivity contribution in [2.75, 3.05) is 32.9 Å². The van der Waals surface area contributed by atoms with Gasteiger partial charge in [-0.2, -0.15) is 0 Å². The Morgan fingerprint density at radius 1 is 1.06 bits per heavy atom. The minimum absolute atomic E-state index is 0.214. The van der Waals surface area contributed by atoms with Crippen molar-refractivity contribution in [2.24, 2.45) is 5.92 Å². The summed E-state index contributed by atoms with van der Waals surface area (Å²) in [6, 6.07) is 0. The molecule has 0 saturated carbocycles. The number of aliphatic hydroxyl groups is 1. The van der Waals surface area contributed by atoms with Crippen LogP contribution in [0.5, 0.6) is 0 Å². The van der Waals surface area contributed by atoms with Crippen LogP contribution in [0, 0.1) is 5.92 Å². The topological polar surface area (TPSA) is 41.5 Å². The summed E-state index contributed by atoms with van der Waals surface area (Å²) in [4.78, 5) is 0. The first-order valence-electron chi connectivity index (χ1n) is 7.70. The molecule has 0 aliphatic carbocycles. The standard InChI is InChI=1S/C15H33NO2/c1-3-4-5-6-7-8-9-12-18-14-15(2)13-16-10-11-17/h15-17H,3-14H2,1-2H3. The Hall–Kier alpha value is -0.120. The van der Waals surface area contributed by atoms with Crippen LogP contribution in [0.3, 0.4) is 0 Å².